The van der Waals surface area contributed by atoms with Crippen LogP contribution in [0.25, 0.3) is 10.8 Å². The maximum Gasteiger partial charge on any atom is 0.234 e. The Bertz CT molecular complexity index is 1260. The van der Waals surface area contributed by atoms with E-state index in [1.54, 1.807) is 6.08 Å². The van der Waals surface area contributed by atoms with Gasteiger partial charge in [-0.2, -0.15) is 0 Å². The summed E-state index contributed by atoms with van der Waals surface area (Å²) in [4.78, 5) is 12.7. The first-order chi connectivity index (χ1) is 16.0. The quantitative estimate of drug-likeness (QED) is 0.254. The van der Waals surface area contributed by atoms with Crippen molar-refractivity contribution >= 4 is 34.1 Å². The average molecular weight is 459 g/mol. The molecule has 7 heteroatoms. The van der Waals surface area contributed by atoms with E-state index in [-0.39, 0.29) is 17.8 Å². The fraction of sp³-hybridized carbons (Fsp3) is 0.192. The summed E-state index contributed by atoms with van der Waals surface area (Å²) < 4.78 is 7.99. The number of hydrogen-bond acceptors (Lipinski definition) is 5. The van der Waals surface area contributed by atoms with E-state index < -0.39 is 0 Å². The number of allylic oxidation sites excluding steroid dienone is 1. The van der Waals surface area contributed by atoms with Crippen molar-refractivity contribution in [2.24, 2.45) is 0 Å². The molecule has 1 N–H and O–H groups in total. The number of amides is 1. The van der Waals surface area contributed by atoms with Crippen LogP contribution < -0.4 is 10.1 Å². The second-order valence-corrected chi connectivity index (χ2v) is 8.62. The monoisotopic (exact) mass is 458 g/mol. The van der Waals surface area contributed by atoms with E-state index in [1.165, 1.54) is 17.3 Å². The summed E-state index contributed by atoms with van der Waals surface area (Å²) in [6.45, 7) is 8.34. The smallest absolute Gasteiger partial charge is 0.234 e. The first kappa shape index (κ1) is 22.6. The molecule has 1 amide bonds. The van der Waals surface area contributed by atoms with Crippen LogP contribution in [0.1, 0.15) is 24.4 Å². The van der Waals surface area contributed by atoms with Gasteiger partial charge in [0.2, 0.25) is 5.91 Å². The molecule has 3 aromatic carbocycles. The minimum Gasteiger partial charge on any atom is -0.483 e. The molecule has 168 valence electrons. The zero-order valence-electron chi connectivity index (χ0n) is 18.7. The molecule has 0 spiro atoms. The number of carbonyl (C=O) groups excluding carboxylic acids is 1. The number of nitrogens with zero attached hydrogens (tertiary/aromatic N) is 3. The highest BCUT2D eigenvalue weighted by Gasteiger charge is 2.20. The number of ether oxygens (including phenoxy) is 1. The number of aromatic nitrogens is 3. The molecule has 0 aliphatic heterocycles. The van der Waals surface area contributed by atoms with E-state index in [2.05, 4.69) is 22.1 Å². The summed E-state index contributed by atoms with van der Waals surface area (Å²) in [5.74, 6) is 1.57. The Morgan fingerprint density at radius 2 is 1.88 bits per heavy atom. The third-order valence-corrected chi connectivity index (χ3v) is 6.12. The molecule has 4 aromatic rings. The Balaban J connectivity index is 1.44. The standard InChI is InChI=1S/C26H26N4O2S/c1-4-16-30-25(19(3)32-21-14-12-18(2)13-15-21)28-29-26(30)33-17-24(31)27-23-11-7-9-20-8-5-6-10-22(20)23/h4-15,19H,1,16-17H2,2-3H3,(H,27,31). The number of thioether (sulfide) groups is 1. The first-order valence-corrected chi connectivity index (χ1v) is 11.7. The van der Waals surface area contributed by atoms with Gasteiger partial charge in [0.1, 0.15) is 5.75 Å². The third-order valence-electron chi connectivity index (χ3n) is 5.15. The van der Waals surface area contributed by atoms with Gasteiger partial charge < -0.3 is 10.1 Å². The van der Waals surface area contributed by atoms with Crippen LogP contribution in [0.15, 0.2) is 84.5 Å². The largest absolute Gasteiger partial charge is 0.483 e. The van der Waals surface area contributed by atoms with E-state index in [9.17, 15) is 4.79 Å². The van der Waals surface area contributed by atoms with Crippen LogP contribution in [0.2, 0.25) is 0 Å². The SMILES string of the molecule is C=CCn1c(SCC(=O)Nc2cccc3ccccc23)nnc1C(C)Oc1ccc(C)cc1. The first-order valence-electron chi connectivity index (χ1n) is 10.7. The molecular formula is C26H26N4O2S. The van der Waals surface area contributed by atoms with E-state index in [0.717, 1.165) is 22.2 Å². The molecule has 0 fully saturated rings. The van der Waals surface area contributed by atoms with Gasteiger partial charge in [-0.15, -0.1) is 16.8 Å². The molecule has 1 heterocycles. The van der Waals surface area contributed by atoms with Crippen LogP contribution in [0.5, 0.6) is 5.75 Å². The van der Waals surface area contributed by atoms with Crippen LogP contribution in [0.3, 0.4) is 0 Å². The van der Waals surface area contributed by atoms with Gasteiger partial charge in [-0.1, -0.05) is 71.9 Å². The van der Waals surface area contributed by atoms with Crippen LogP contribution in [0.4, 0.5) is 5.69 Å². The van der Waals surface area contributed by atoms with E-state index >= 15 is 0 Å². The van der Waals surface area contributed by atoms with Crippen molar-refractivity contribution in [3.8, 4) is 5.75 Å². The molecule has 4 rings (SSSR count). The topological polar surface area (TPSA) is 69.0 Å². The molecule has 0 aliphatic carbocycles. The lowest BCUT2D eigenvalue weighted by Crippen LogP contribution is -2.15. The van der Waals surface area contributed by atoms with Crippen molar-refractivity contribution in [3.63, 3.8) is 0 Å². The number of carbonyl (C=O) groups is 1. The zero-order valence-corrected chi connectivity index (χ0v) is 19.5. The second kappa shape index (κ2) is 10.4. The number of rotatable bonds is 9. The predicted molar refractivity (Wildman–Crippen MR) is 134 cm³/mol. The lowest BCUT2D eigenvalue weighted by atomic mass is 10.1. The summed E-state index contributed by atoms with van der Waals surface area (Å²) in [6.07, 6.45) is 1.48. The van der Waals surface area contributed by atoms with Gasteiger partial charge in [0.25, 0.3) is 0 Å². The Kier molecular flexibility index (Phi) is 7.10. The molecule has 0 aliphatic rings. The van der Waals surface area contributed by atoms with E-state index in [4.69, 9.17) is 4.74 Å². The molecule has 0 saturated heterocycles. The van der Waals surface area contributed by atoms with Gasteiger partial charge >= 0.3 is 0 Å². The molecule has 0 bridgehead atoms. The molecule has 1 atom stereocenters. The minimum absolute atomic E-state index is 0.102. The summed E-state index contributed by atoms with van der Waals surface area (Å²) in [6, 6.07) is 21.7. The molecule has 0 saturated carbocycles. The Morgan fingerprint density at radius 1 is 1.12 bits per heavy atom. The van der Waals surface area contributed by atoms with E-state index in [0.29, 0.717) is 17.5 Å². The predicted octanol–water partition coefficient (Wildman–Crippen LogP) is 5.80. The maximum absolute atomic E-state index is 12.7. The van der Waals surface area contributed by atoms with Crippen LogP contribution in [-0.2, 0) is 11.3 Å². The van der Waals surface area contributed by atoms with Gasteiger partial charge in [-0.05, 0) is 37.4 Å². The zero-order chi connectivity index (χ0) is 23.2. The van der Waals surface area contributed by atoms with Crippen molar-refractivity contribution < 1.29 is 9.53 Å². The molecule has 0 radical (unpaired) electrons. The van der Waals surface area contributed by atoms with E-state index in [1.807, 2.05) is 85.1 Å². The van der Waals surface area contributed by atoms with Crippen molar-refractivity contribution in [3.05, 3.63) is 90.8 Å². The molecule has 6 nitrogen and oxygen atoms in total. The highest BCUT2D eigenvalue weighted by atomic mass is 32.2. The van der Waals surface area contributed by atoms with Gasteiger partial charge in [-0.3, -0.25) is 9.36 Å². The van der Waals surface area contributed by atoms with Crippen LogP contribution >= 0.6 is 11.8 Å². The normalized spacial score (nSPS) is 11.8. The van der Waals surface area contributed by atoms with Crippen molar-refractivity contribution in [1.29, 1.82) is 0 Å². The lowest BCUT2D eigenvalue weighted by Gasteiger charge is -2.16. The number of hydrogen-bond donors (Lipinski definition) is 1. The van der Waals surface area contributed by atoms with Gasteiger partial charge in [0.05, 0.1) is 5.75 Å². The summed E-state index contributed by atoms with van der Waals surface area (Å²) >= 11 is 1.34. The molecular weight excluding hydrogens is 432 g/mol. The lowest BCUT2D eigenvalue weighted by molar-refractivity contribution is -0.113. The highest BCUT2D eigenvalue weighted by molar-refractivity contribution is 7.99. The number of aryl methyl sites for hydroxylation is 1. The number of benzene rings is 3. The summed E-state index contributed by atoms with van der Waals surface area (Å²) in [5, 5.41) is 14.4. The average Bonchev–Trinajstić information content (AvgIpc) is 3.22. The second-order valence-electron chi connectivity index (χ2n) is 7.68. The van der Waals surface area contributed by atoms with Crippen molar-refractivity contribution in [1.82, 2.24) is 14.8 Å². The minimum atomic E-state index is -0.306. The van der Waals surface area contributed by atoms with Crippen molar-refractivity contribution in [2.45, 2.75) is 31.7 Å². The highest BCUT2D eigenvalue weighted by Crippen LogP contribution is 2.26. The summed E-state index contributed by atoms with van der Waals surface area (Å²) in [5.41, 5.74) is 1.97. The number of anilines is 1. The fourth-order valence-corrected chi connectivity index (χ4v) is 4.29. The Labute approximate surface area is 197 Å². The molecule has 1 unspecified atom stereocenters. The van der Waals surface area contributed by atoms with Gasteiger partial charge in [0.15, 0.2) is 17.1 Å². The fourth-order valence-electron chi connectivity index (χ4n) is 3.53. The Morgan fingerprint density at radius 3 is 2.67 bits per heavy atom. The number of fused-ring (bicyclic) bond motifs is 1. The van der Waals surface area contributed by atoms with Crippen LogP contribution in [-0.4, -0.2) is 26.4 Å². The molecule has 33 heavy (non-hydrogen) atoms. The van der Waals surface area contributed by atoms with Crippen molar-refractivity contribution in [2.75, 3.05) is 11.1 Å². The number of nitrogens with one attached hydrogen (secondary N) is 1. The van der Waals surface area contributed by atoms with Gasteiger partial charge in [0, 0.05) is 17.6 Å². The van der Waals surface area contributed by atoms with Gasteiger partial charge in [-0.25, -0.2) is 0 Å². The maximum atomic E-state index is 12.7. The Hall–Kier alpha value is -3.58. The summed E-state index contributed by atoms with van der Waals surface area (Å²) in [7, 11) is 0. The van der Waals surface area contributed by atoms with Crippen LogP contribution in [0, 0.1) is 6.92 Å². The molecule has 1 aromatic heterocycles. The third kappa shape index (κ3) is 5.43.